The van der Waals surface area contributed by atoms with E-state index in [0.29, 0.717) is 17.0 Å². The summed E-state index contributed by atoms with van der Waals surface area (Å²) in [5.41, 5.74) is 0.751. The Morgan fingerprint density at radius 3 is 2.47 bits per heavy atom. The maximum Gasteiger partial charge on any atom is 0.284 e. The minimum Gasteiger partial charge on any atom is -0.469 e. The van der Waals surface area contributed by atoms with Gasteiger partial charge in [-0.25, -0.2) is 0 Å². The van der Waals surface area contributed by atoms with E-state index in [1.807, 2.05) is 0 Å². The molecule has 0 radical (unpaired) electrons. The van der Waals surface area contributed by atoms with Gasteiger partial charge in [0.05, 0.1) is 22.8 Å². The van der Waals surface area contributed by atoms with E-state index in [9.17, 15) is 9.70 Å². The molecular weight excluding hydrogens is 220 g/mol. The van der Waals surface area contributed by atoms with Crippen LogP contribution in [0.2, 0.25) is 0 Å². The number of hydrogen-bond acceptors (Lipinski definition) is 4. The lowest BCUT2D eigenvalue weighted by Crippen LogP contribution is -2.24. The van der Waals surface area contributed by atoms with Crippen molar-refractivity contribution in [3.05, 3.63) is 58.9 Å². The molecule has 0 spiro atoms. The maximum atomic E-state index is 12.0. The van der Waals surface area contributed by atoms with Crippen LogP contribution in [0.15, 0.2) is 52.4 Å². The number of nitroso groups, excluding NO2 is 1. The van der Waals surface area contributed by atoms with Crippen LogP contribution in [0.1, 0.15) is 16.1 Å². The Bertz CT molecular complexity index is 534. The van der Waals surface area contributed by atoms with Gasteiger partial charge in [0.25, 0.3) is 5.91 Å². The number of furan rings is 1. The quantitative estimate of drug-likeness (QED) is 0.601. The second-order valence-electron chi connectivity index (χ2n) is 3.42. The molecule has 0 fully saturated rings. The predicted octanol–water partition coefficient (Wildman–Crippen LogP) is 2.92. The van der Waals surface area contributed by atoms with E-state index < -0.39 is 5.91 Å². The zero-order valence-corrected chi connectivity index (χ0v) is 9.16. The first kappa shape index (κ1) is 11.1. The van der Waals surface area contributed by atoms with Crippen molar-refractivity contribution in [3.8, 4) is 0 Å². The molecular formula is C12H10N2O3. The molecule has 1 amide bonds. The summed E-state index contributed by atoms with van der Waals surface area (Å²) in [6, 6.07) is 10.0. The average Bonchev–Trinajstić information content (AvgIpc) is 2.77. The summed E-state index contributed by atoms with van der Waals surface area (Å²) in [7, 11) is 0. The first-order valence-electron chi connectivity index (χ1n) is 5.01. The number of rotatable bonds is 3. The standard InChI is InChI=1S/C12H10N2O3/c1-9-11(7-8-17-9)12(15)14(13-16)10-5-3-2-4-6-10/h2-8H,1H3. The Morgan fingerprint density at radius 1 is 1.24 bits per heavy atom. The van der Waals surface area contributed by atoms with Crippen LogP contribution in [0.25, 0.3) is 0 Å². The van der Waals surface area contributed by atoms with Gasteiger partial charge >= 0.3 is 0 Å². The van der Waals surface area contributed by atoms with E-state index in [2.05, 4.69) is 5.29 Å². The highest BCUT2D eigenvalue weighted by Crippen LogP contribution is 2.19. The van der Waals surface area contributed by atoms with Gasteiger partial charge in [-0.05, 0) is 25.1 Å². The molecule has 2 rings (SSSR count). The number of carbonyl (C=O) groups excluding carboxylic acids is 1. The normalized spacial score (nSPS) is 9.94. The zero-order chi connectivity index (χ0) is 12.3. The summed E-state index contributed by atoms with van der Waals surface area (Å²) in [6.07, 6.45) is 1.40. The van der Waals surface area contributed by atoms with Crippen LogP contribution < -0.4 is 5.01 Å². The van der Waals surface area contributed by atoms with Crippen LogP contribution in [0.4, 0.5) is 5.69 Å². The van der Waals surface area contributed by atoms with Gasteiger partial charge in [0.1, 0.15) is 5.76 Å². The molecule has 0 N–H and O–H groups in total. The molecule has 17 heavy (non-hydrogen) atoms. The molecule has 0 saturated carbocycles. The molecule has 0 atom stereocenters. The molecule has 0 aliphatic carbocycles. The molecule has 0 aliphatic rings. The fourth-order valence-corrected chi connectivity index (χ4v) is 1.49. The molecule has 0 saturated heterocycles. The van der Waals surface area contributed by atoms with Crippen molar-refractivity contribution >= 4 is 11.6 Å². The minimum absolute atomic E-state index is 0.327. The van der Waals surface area contributed by atoms with Gasteiger partial charge in [-0.2, -0.15) is 5.01 Å². The number of para-hydroxylation sites is 1. The van der Waals surface area contributed by atoms with Gasteiger partial charge in [-0.15, -0.1) is 4.91 Å². The van der Waals surface area contributed by atoms with Crippen LogP contribution in [-0.2, 0) is 0 Å². The molecule has 5 nitrogen and oxygen atoms in total. The minimum atomic E-state index is -0.502. The summed E-state index contributed by atoms with van der Waals surface area (Å²) >= 11 is 0. The van der Waals surface area contributed by atoms with E-state index >= 15 is 0 Å². The zero-order valence-electron chi connectivity index (χ0n) is 9.16. The van der Waals surface area contributed by atoms with Crippen molar-refractivity contribution < 1.29 is 9.21 Å². The highest BCUT2D eigenvalue weighted by atomic mass is 16.3. The summed E-state index contributed by atoms with van der Waals surface area (Å²) in [6.45, 7) is 1.65. The van der Waals surface area contributed by atoms with Crippen LogP contribution in [0.3, 0.4) is 0 Å². The Morgan fingerprint density at radius 2 is 1.94 bits per heavy atom. The van der Waals surface area contributed by atoms with E-state index in [1.165, 1.54) is 12.3 Å². The number of anilines is 1. The Kier molecular flexibility index (Phi) is 3.00. The number of hydrogen-bond donors (Lipinski definition) is 0. The van der Waals surface area contributed by atoms with Gasteiger partial charge in [0, 0.05) is 0 Å². The lowest BCUT2D eigenvalue weighted by Gasteiger charge is -2.12. The molecule has 2 aromatic rings. The highest BCUT2D eigenvalue weighted by Gasteiger charge is 2.21. The topological polar surface area (TPSA) is 62.9 Å². The first-order chi connectivity index (χ1) is 8.24. The number of nitrogens with zero attached hydrogens (tertiary/aromatic N) is 2. The highest BCUT2D eigenvalue weighted by molar-refractivity contribution is 6.06. The summed E-state index contributed by atoms with van der Waals surface area (Å²) in [5, 5.41) is 3.55. The lowest BCUT2D eigenvalue weighted by atomic mass is 10.2. The summed E-state index contributed by atoms with van der Waals surface area (Å²) in [5.74, 6) is -0.0444. The number of amides is 1. The van der Waals surface area contributed by atoms with Crippen molar-refractivity contribution in [2.45, 2.75) is 6.92 Å². The van der Waals surface area contributed by atoms with Crippen molar-refractivity contribution in [1.29, 1.82) is 0 Å². The fourth-order valence-electron chi connectivity index (χ4n) is 1.49. The monoisotopic (exact) mass is 230 g/mol. The fraction of sp³-hybridized carbons (Fsp3) is 0.0833. The number of carbonyl (C=O) groups is 1. The Balaban J connectivity index is 2.35. The van der Waals surface area contributed by atoms with Crippen LogP contribution in [0.5, 0.6) is 0 Å². The second-order valence-corrected chi connectivity index (χ2v) is 3.42. The van der Waals surface area contributed by atoms with E-state index in [-0.39, 0.29) is 0 Å². The molecule has 0 unspecified atom stereocenters. The third-order valence-electron chi connectivity index (χ3n) is 2.36. The van der Waals surface area contributed by atoms with Gasteiger partial charge in [0.15, 0.2) is 0 Å². The predicted molar refractivity (Wildman–Crippen MR) is 62.5 cm³/mol. The summed E-state index contributed by atoms with van der Waals surface area (Å²) < 4.78 is 5.02. The average molecular weight is 230 g/mol. The van der Waals surface area contributed by atoms with E-state index in [0.717, 1.165) is 5.01 Å². The first-order valence-corrected chi connectivity index (χ1v) is 5.01. The van der Waals surface area contributed by atoms with E-state index in [1.54, 1.807) is 37.3 Å². The van der Waals surface area contributed by atoms with Gasteiger partial charge in [-0.1, -0.05) is 18.2 Å². The molecule has 1 aromatic heterocycles. The number of benzene rings is 1. The maximum absolute atomic E-state index is 12.0. The van der Waals surface area contributed by atoms with Crippen LogP contribution >= 0.6 is 0 Å². The van der Waals surface area contributed by atoms with E-state index in [4.69, 9.17) is 4.42 Å². The number of aryl methyl sites for hydroxylation is 1. The van der Waals surface area contributed by atoms with Crippen LogP contribution in [0, 0.1) is 11.8 Å². The van der Waals surface area contributed by atoms with Crippen molar-refractivity contribution in [2.75, 3.05) is 5.01 Å². The van der Waals surface area contributed by atoms with Crippen molar-refractivity contribution in [2.24, 2.45) is 5.29 Å². The van der Waals surface area contributed by atoms with Gasteiger partial charge in [-0.3, -0.25) is 4.79 Å². The van der Waals surface area contributed by atoms with Crippen molar-refractivity contribution in [3.63, 3.8) is 0 Å². The van der Waals surface area contributed by atoms with Crippen molar-refractivity contribution in [1.82, 2.24) is 0 Å². The largest absolute Gasteiger partial charge is 0.469 e. The van der Waals surface area contributed by atoms with Crippen LogP contribution in [-0.4, -0.2) is 5.91 Å². The molecule has 1 heterocycles. The SMILES string of the molecule is Cc1occc1C(=O)N(N=O)c1ccccc1. The third kappa shape index (κ3) is 2.08. The second kappa shape index (κ2) is 4.61. The third-order valence-corrected chi connectivity index (χ3v) is 2.36. The van der Waals surface area contributed by atoms with Gasteiger partial charge < -0.3 is 4.42 Å². The Hall–Kier alpha value is -2.43. The molecule has 86 valence electrons. The Labute approximate surface area is 97.6 Å². The molecule has 0 bridgehead atoms. The smallest absolute Gasteiger partial charge is 0.284 e. The van der Waals surface area contributed by atoms with Gasteiger partial charge in [0.2, 0.25) is 0 Å². The molecule has 1 aromatic carbocycles. The lowest BCUT2D eigenvalue weighted by molar-refractivity contribution is 0.0986. The molecule has 0 aliphatic heterocycles. The summed E-state index contributed by atoms with van der Waals surface area (Å²) in [4.78, 5) is 22.8. The molecule has 5 heteroatoms.